The molecule has 6 heteroatoms. The van der Waals surface area contributed by atoms with Crippen molar-refractivity contribution in [1.82, 2.24) is 9.80 Å². The number of benzene rings is 1. The zero-order chi connectivity index (χ0) is 17.2. The third-order valence-corrected chi connectivity index (χ3v) is 3.58. The van der Waals surface area contributed by atoms with E-state index in [4.69, 9.17) is 4.74 Å². The standard InChI is InChI=1S/C17H27N3O3/c1-5-6-16(21)19(3)11-12-20(4)17(22)23-13-14-7-9-15(18-2)10-8-14/h7-10,18H,5-6,11-13H2,1-4H3. The molecule has 6 nitrogen and oxygen atoms in total. The van der Waals surface area contributed by atoms with Gasteiger partial charge in [-0.3, -0.25) is 4.79 Å². The van der Waals surface area contributed by atoms with Crippen molar-refractivity contribution in [2.75, 3.05) is 39.5 Å². The van der Waals surface area contributed by atoms with Crippen molar-refractivity contribution >= 4 is 17.7 Å². The van der Waals surface area contributed by atoms with Crippen LogP contribution in [-0.4, -0.2) is 56.0 Å². The van der Waals surface area contributed by atoms with Crippen LogP contribution in [0.1, 0.15) is 25.3 Å². The molecule has 1 aromatic carbocycles. The smallest absolute Gasteiger partial charge is 0.409 e. The fourth-order valence-electron chi connectivity index (χ4n) is 1.94. The largest absolute Gasteiger partial charge is 0.445 e. The highest BCUT2D eigenvalue weighted by Crippen LogP contribution is 2.10. The number of ether oxygens (including phenoxy) is 1. The van der Waals surface area contributed by atoms with E-state index in [9.17, 15) is 9.59 Å². The van der Waals surface area contributed by atoms with Crippen molar-refractivity contribution in [2.45, 2.75) is 26.4 Å². The zero-order valence-corrected chi connectivity index (χ0v) is 14.5. The maximum atomic E-state index is 11.9. The van der Waals surface area contributed by atoms with E-state index in [2.05, 4.69) is 5.32 Å². The second-order valence-corrected chi connectivity index (χ2v) is 5.49. The van der Waals surface area contributed by atoms with Crippen LogP contribution in [0.4, 0.5) is 10.5 Å². The summed E-state index contributed by atoms with van der Waals surface area (Å²) in [7, 11) is 5.28. The molecule has 0 heterocycles. The fourth-order valence-corrected chi connectivity index (χ4v) is 1.94. The number of nitrogens with one attached hydrogen (secondary N) is 1. The Balaban J connectivity index is 2.34. The Morgan fingerprint density at radius 1 is 1.09 bits per heavy atom. The topological polar surface area (TPSA) is 61.9 Å². The highest BCUT2D eigenvalue weighted by atomic mass is 16.6. The first-order valence-electron chi connectivity index (χ1n) is 7.86. The van der Waals surface area contributed by atoms with Crippen LogP contribution in [0.5, 0.6) is 0 Å². The molecular formula is C17H27N3O3. The Hall–Kier alpha value is -2.24. The van der Waals surface area contributed by atoms with Gasteiger partial charge in [0, 0.05) is 46.3 Å². The van der Waals surface area contributed by atoms with E-state index in [1.807, 2.05) is 38.2 Å². The Morgan fingerprint density at radius 2 is 1.70 bits per heavy atom. The molecule has 0 bridgehead atoms. The number of likely N-dealkylation sites (N-methyl/N-ethyl adjacent to an activating group) is 2. The molecule has 0 atom stereocenters. The van der Waals surface area contributed by atoms with Gasteiger partial charge < -0.3 is 19.9 Å². The third-order valence-electron chi connectivity index (χ3n) is 3.58. The van der Waals surface area contributed by atoms with Gasteiger partial charge in [-0.1, -0.05) is 19.1 Å². The molecule has 1 aromatic rings. The molecule has 0 unspecified atom stereocenters. The predicted octanol–water partition coefficient (Wildman–Crippen LogP) is 2.56. The van der Waals surface area contributed by atoms with E-state index >= 15 is 0 Å². The quantitative estimate of drug-likeness (QED) is 0.799. The summed E-state index contributed by atoms with van der Waals surface area (Å²) in [5.74, 6) is 0.0962. The molecule has 128 valence electrons. The third kappa shape index (κ3) is 6.59. The zero-order valence-electron chi connectivity index (χ0n) is 14.5. The van der Waals surface area contributed by atoms with Crippen LogP contribution >= 0.6 is 0 Å². The molecule has 0 radical (unpaired) electrons. The lowest BCUT2D eigenvalue weighted by Crippen LogP contribution is -2.37. The molecule has 1 N–H and O–H groups in total. The molecule has 0 aliphatic heterocycles. The molecule has 0 aliphatic carbocycles. The van der Waals surface area contributed by atoms with Gasteiger partial charge in [-0.05, 0) is 24.1 Å². The first-order chi connectivity index (χ1) is 11.0. The van der Waals surface area contributed by atoms with E-state index in [1.54, 1.807) is 19.0 Å². The average Bonchev–Trinajstić information content (AvgIpc) is 2.57. The number of carbonyl (C=O) groups excluding carboxylic acids is 2. The summed E-state index contributed by atoms with van der Waals surface area (Å²) in [6.07, 6.45) is 0.972. The van der Waals surface area contributed by atoms with Gasteiger partial charge in [-0.2, -0.15) is 0 Å². The summed E-state index contributed by atoms with van der Waals surface area (Å²) in [5, 5.41) is 3.03. The Morgan fingerprint density at radius 3 is 2.26 bits per heavy atom. The van der Waals surface area contributed by atoms with E-state index < -0.39 is 0 Å². The van der Waals surface area contributed by atoms with Gasteiger partial charge in [0.2, 0.25) is 5.91 Å². The summed E-state index contributed by atoms with van der Waals surface area (Å²) >= 11 is 0. The minimum absolute atomic E-state index is 0.0962. The highest BCUT2D eigenvalue weighted by molar-refractivity contribution is 5.75. The molecular weight excluding hydrogens is 294 g/mol. The van der Waals surface area contributed by atoms with Crippen molar-refractivity contribution in [3.8, 4) is 0 Å². The molecule has 0 aromatic heterocycles. The Labute approximate surface area is 138 Å². The number of carbonyl (C=O) groups is 2. The minimum atomic E-state index is -0.390. The minimum Gasteiger partial charge on any atom is -0.445 e. The predicted molar refractivity (Wildman–Crippen MR) is 91.3 cm³/mol. The lowest BCUT2D eigenvalue weighted by atomic mass is 10.2. The van der Waals surface area contributed by atoms with Crippen molar-refractivity contribution in [2.24, 2.45) is 0 Å². The summed E-state index contributed by atoms with van der Waals surface area (Å²) in [4.78, 5) is 26.7. The molecule has 0 aliphatic rings. The van der Waals surface area contributed by atoms with Crippen LogP contribution in [0.2, 0.25) is 0 Å². The van der Waals surface area contributed by atoms with E-state index in [-0.39, 0.29) is 18.6 Å². The van der Waals surface area contributed by atoms with Crippen molar-refractivity contribution in [1.29, 1.82) is 0 Å². The Bertz CT molecular complexity index is 502. The van der Waals surface area contributed by atoms with Crippen molar-refractivity contribution in [3.63, 3.8) is 0 Å². The molecule has 0 saturated heterocycles. The highest BCUT2D eigenvalue weighted by Gasteiger charge is 2.13. The normalized spacial score (nSPS) is 10.1. The van der Waals surface area contributed by atoms with Crippen molar-refractivity contribution < 1.29 is 14.3 Å². The number of anilines is 1. The molecule has 23 heavy (non-hydrogen) atoms. The number of hydrogen-bond donors (Lipinski definition) is 1. The van der Waals surface area contributed by atoms with Crippen LogP contribution in [0.15, 0.2) is 24.3 Å². The monoisotopic (exact) mass is 321 g/mol. The van der Waals surface area contributed by atoms with Gasteiger partial charge in [0.1, 0.15) is 6.61 Å². The summed E-state index contributed by atoms with van der Waals surface area (Å²) in [6.45, 7) is 3.15. The summed E-state index contributed by atoms with van der Waals surface area (Å²) in [5.41, 5.74) is 1.94. The number of nitrogens with zero attached hydrogens (tertiary/aromatic N) is 2. The molecule has 0 fully saturated rings. The average molecular weight is 321 g/mol. The van der Waals surface area contributed by atoms with E-state index in [0.29, 0.717) is 19.5 Å². The number of rotatable bonds is 8. The van der Waals surface area contributed by atoms with Crippen LogP contribution in [0.25, 0.3) is 0 Å². The lowest BCUT2D eigenvalue weighted by Gasteiger charge is -2.22. The second kappa shape index (κ2) is 9.71. The van der Waals surface area contributed by atoms with E-state index in [0.717, 1.165) is 17.7 Å². The van der Waals surface area contributed by atoms with Crippen LogP contribution < -0.4 is 5.32 Å². The molecule has 0 saturated carbocycles. The van der Waals surface area contributed by atoms with Gasteiger partial charge in [0.25, 0.3) is 0 Å². The van der Waals surface area contributed by atoms with Crippen LogP contribution in [0.3, 0.4) is 0 Å². The van der Waals surface area contributed by atoms with Gasteiger partial charge in [0.15, 0.2) is 0 Å². The molecule has 0 spiro atoms. The maximum absolute atomic E-state index is 11.9. The van der Waals surface area contributed by atoms with Gasteiger partial charge in [0.05, 0.1) is 0 Å². The first kappa shape index (κ1) is 18.8. The van der Waals surface area contributed by atoms with Crippen LogP contribution in [-0.2, 0) is 16.1 Å². The number of amides is 2. The molecule has 1 rings (SSSR count). The lowest BCUT2D eigenvalue weighted by molar-refractivity contribution is -0.130. The van der Waals surface area contributed by atoms with Crippen molar-refractivity contribution in [3.05, 3.63) is 29.8 Å². The Kier molecular flexibility index (Phi) is 7.94. The van der Waals surface area contributed by atoms with Gasteiger partial charge in [-0.15, -0.1) is 0 Å². The van der Waals surface area contributed by atoms with Gasteiger partial charge in [-0.25, -0.2) is 4.79 Å². The maximum Gasteiger partial charge on any atom is 0.409 e. The summed E-state index contributed by atoms with van der Waals surface area (Å²) in [6, 6.07) is 7.69. The first-order valence-corrected chi connectivity index (χ1v) is 7.86. The van der Waals surface area contributed by atoms with E-state index in [1.165, 1.54) is 4.90 Å². The SMILES string of the molecule is CCCC(=O)N(C)CCN(C)C(=O)OCc1ccc(NC)cc1. The number of hydrogen-bond acceptors (Lipinski definition) is 4. The molecule has 2 amide bonds. The second-order valence-electron chi connectivity index (χ2n) is 5.49. The van der Waals surface area contributed by atoms with Gasteiger partial charge >= 0.3 is 6.09 Å². The summed E-state index contributed by atoms with van der Waals surface area (Å²) < 4.78 is 5.27. The van der Waals surface area contributed by atoms with Crippen LogP contribution in [0, 0.1) is 0 Å². The fraction of sp³-hybridized carbons (Fsp3) is 0.529.